The highest BCUT2D eigenvalue weighted by Gasteiger charge is 2.25. The monoisotopic (exact) mass is 324 g/mol. The fraction of sp³-hybridized carbons (Fsp3) is 0.0769. The molecular weight excluding hydrogens is 312 g/mol. The maximum absolute atomic E-state index is 11.9. The second-order valence-corrected chi connectivity index (χ2v) is 5.84. The summed E-state index contributed by atoms with van der Waals surface area (Å²) in [6, 6.07) is 9.72. The number of H-pyrrole nitrogens is 1. The van der Waals surface area contributed by atoms with Gasteiger partial charge in [-0.1, -0.05) is 30.3 Å². The van der Waals surface area contributed by atoms with E-state index in [9.17, 15) is 18.0 Å². The Kier molecular flexibility index (Phi) is 4.47. The van der Waals surface area contributed by atoms with Crippen molar-refractivity contribution >= 4 is 22.1 Å². The van der Waals surface area contributed by atoms with E-state index in [4.69, 9.17) is 9.84 Å². The van der Waals surface area contributed by atoms with Crippen LogP contribution < -0.4 is 4.72 Å². The number of hydrogen-bond donors (Lipinski definition) is 3. The molecule has 0 aliphatic carbocycles. The number of aromatic carboxylic acids is 1. The van der Waals surface area contributed by atoms with Crippen molar-refractivity contribution in [1.82, 2.24) is 9.71 Å². The molecule has 1 heterocycles. The molecule has 22 heavy (non-hydrogen) atoms. The van der Waals surface area contributed by atoms with Gasteiger partial charge in [-0.25, -0.2) is 22.7 Å². The van der Waals surface area contributed by atoms with Crippen molar-refractivity contribution in [2.75, 3.05) is 0 Å². The zero-order valence-electron chi connectivity index (χ0n) is 11.1. The van der Waals surface area contributed by atoms with Gasteiger partial charge in [0.15, 0.2) is 0 Å². The second kappa shape index (κ2) is 6.31. The van der Waals surface area contributed by atoms with Gasteiger partial charge >= 0.3 is 12.1 Å². The number of carboxylic acid groups (broad SMARTS) is 1. The van der Waals surface area contributed by atoms with E-state index in [0.29, 0.717) is 5.56 Å². The first-order valence-corrected chi connectivity index (χ1v) is 7.52. The van der Waals surface area contributed by atoms with Crippen LogP contribution in [0.2, 0.25) is 0 Å². The Balaban J connectivity index is 2.04. The Morgan fingerprint density at radius 3 is 2.50 bits per heavy atom. The molecule has 2 rings (SSSR count). The number of carbonyl (C=O) groups is 2. The smallest absolute Gasteiger partial charge is 0.421 e. The SMILES string of the molecule is O=C(NS(=O)(=O)c1cc[nH]c1C(=O)O)OCc1ccccc1. The molecule has 8 nitrogen and oxygen atoms in total. The number of nitrogens with one attached hydrogen (secondary N) is 2. The van der Waals surface area contributed by atoms with Crippen molar-refractivity contribution in [2.24, 2.45) is 0 Å². The third-order valence-electron chi connectivity index (χ3n) is 2.64. The molecule has 0 atom stereocenters. The summed E-state index contributed by atoms with van der Waals surface area (Å²) in [6.45, 7) is -0.110. The lowest BCUT2D eigenvalue weighted by molar-refractivity contribution is 0.0686. The molecule has 116 valence electrons. The number of amides is 1. The maximum atomic E-state index is 11.9. The van der Waals surface area contributed by atoms with Crippen molar-refractivity contribution in [1.29, 1.82) is 0 Å². The van der Waals surface area contributed by atoms with Gasteiger partial charge in [0, 0.05) is 6.20 Å². The molecule has 0 fully saturated rings. The van der Waals surface area contributed by atoms with Gasteiger partial charge in [0.05, 0.1) is 0 Å². The minimum atomic E-state index is -4.33. The molecular formula is C13H12N2O6S. The Morgan fingerprint density at radius 1 is 1.18 bits per heavy atom. The lowest BCUT2D eigenvalue weighted by atomic mass is 10.2. The largest absolute Gasteiger partial charge is 0.477 e. The van der Waals surface area contributed by atoms with Crippen LogP contribution in [0.15, 0.2) is 47.5 Å². The fourth-order valence-corrected chi connectivity index (χ4v) is 2.71. The Hall–Kier alpha value is -2.81. The van der Waals surface area contributed by atoms with E-state index in [-0.39, 0.29) is 6.61 Å². The summed E-state index contributed by atoms with van der Waals surface area (Å²) in [6.07, 6.45) is -0.0470. The highest BCUT2D eigenvalue weighted by molar-refractivity contribution is 7.90. The van der Waals surface area contributed by atoms with E-state index in [1.807, 2.05) is 0 Å². The molecule has 0 saturated carbocycles. The van der Waals surface area contributed by atoms with Crippen LogP contribution in [0, 0.1) is 0 Å². The molecule has 1 aromatic carbocycles. The predicted molar refractivity (Wildman–Crippen MR) is 74.7 cm³/mol. The molecule has 1 amide bonds. The van der Waals surface area contributed by atoms with Crippen LogP contribution in [0.25, 0.3) is 0 Å². The number of sulfonamides is 1. The summed E-state index contributed by atoms with van der Waals surface area (Å²) in [5.74, 6) is -1.46. The Labute approximate surface area is 125 Å². The number of benzene rings is 1. The number of ether oxygens (including phenoxy) is 1. The highest BCUT2D eigenvalue weighted by Crippen LogP contribution is 2.14. The highest BCUT2D eigenvalue weighted by atomic mass is 32.2. The van der Waals surface area contributed by atoms with Crippen LogP contribution in [0.3, 0.4) is 0 Å². The zero-order chi connectivity index (χ0) is 16.2. The summed E-state index contributed by atoms with van der Waals surface area (Å²) in [4.78, 5) is 24.2. The normalized spacial score (nSPS) is 10.9. The van der Waals surface area contributed by atoms with Crippen LogP contribution in [0.5, 0.6) is 0 Å². The lowest BCUT2D eigenvalue weighted by Gasteiger charge is -2.07. The first-order valence-electron chi connectivity index (χ1n) is 6.04. The van der Waals surface area contributed by atoms with Gasteiger partial charge in [-0.2, -0.15) is 0 Å². The van der Waals surface area contributed by atoms with Gasteiger partial charge in [0.25, 0.3) is 10.0 Å². The maximum Gasteiger partial charge on any atom is 0.421 e. The topological polar surface area (TPSA) is 126 Å². The Morgan fingerprint density at radius 2 is 1.86 bits per heavy atom. The van der Waals surface area contributed by atoms with Gasteiger partial charge in [-0.15, -0.1) is 0 Å². The van der Waals surface area contributed by atoms with E-state index in [0.717, 1.165) is 12.3 Å². The van der Waals surface area contributed by atoms with Crippen LogP contribution in [0.4, 0.5) is 4.79 Å². The summed E-state index contributed by atoms with van der Waals surface area (Å²) in [7, 11) is -4.33. The van der Waals surface area contributed by atoms with Crippen molar-refractivity contribution in [3.63, 3.8) is 0 Å². The van der Waals surface area contributed by atoms with E-state index in [1.165, 1.54) is 0 Å². The molecule has 0 unspecified atom stereocenters. The van der Waals surface area contributed by atoms with Crippen molar-refractivity contribution in [3.05, 3.63) is 53.9 Å². The molecule has 0 aliphatic rings. The number of carboxylic acids is 1. The first kappa shape index (κ1) is 15.6. The van der Waals surface area contributed by atoms with Crippen LogP contribution in [-0.2, 0) is 21.4 Å². The molecule has 9 heteroatoms. The van der Waals surface area contributed by atoms with Gasteiger partial charge in [0.2, 0.25) is 0 Å². The zero-order valence-corrected chi connectivity index (χ0v) is 12.0. The fourth-order valence-electron chi connectivity index (χ4n) is 1.66. The minimum absolute atomic E-state index is 0.110. The molecule has 3 N–H and O–H groups in total. The molecule has 0 aliphatic heterocycles. The number of aromatic nitrogens is 1. The van der Waals surface area contributed by atoms with Gasteiger partial charge in [-0.3, -0.25) is 0 Å². The third kappa shape index (κ3) is 3.64. The second-order valence-electron chi connectivity index (χ2n) is 4.19. The molecule has 2 aromatic rings. The van der Waals surface area contributed by atoms with Gasteiger partial charge in [0.1, 0.15) is 17.2 Å². The summed E-state index contributed by atoms with van der Waals surface area (Å²) in [5, 5.41) is 8.86. The number of hydrogen-bond acceptors (Lipinski definition) is 5. The summed E-state index contributed by atoms with van der Waals surface area (Å²) in [5.41, 5.74) is 0.145. The molecule has 0 spiro atoms. The quantitative estimate of drug-likeness (QED) is 0.761. The average Bonchev–Trinajstić information content (AvgIpc) is 2.96. The average molecular weight is 324 g/mol. The van der Waals surface area contributed by atoms with Crippen LogP contribution >= 0.6 is 0 Å². The van der Waals surface area contributed by atoms with E-state index >= 15 is 0 Å². The summed E-state index contributed by atoms with van der Waals surface area (Å²) < 4.78 is 30.3. The molecule has 0 radical (unpaired) electrons. The predicted octanol–water partition coefficient (Wildman–Crippen LogP) is 1.33. The summed E-state index contributed by atoms with van der Waals surface area (Å²) >= 11 is 0. The first-order chi connectivity index (χ1) is 10.4. The van der Waals surface area contributed by atoms with Gasteiger partial charge < -0.3 is 14.8 Å². The van der Waals surface area contributed by atoms with E-state index < -0.39 is 32.7 Å². The van der Waals surface area contributed by atoms with E-state index in [1.54, 1.807) is 35.1 Å². The van der Waals surface area contributed by atoms with E-state index in [2.05, 4.69) is 4.98 Å². The third-order valence-corrected chi connectivity index (χ3v) is 4.00. The van der Waals surface area contributed by atoms with Crippen molar-refractivity contribution < 1.29 is 27.9 Å². The Bertz CT molecular complexity index is 782. The van der Waals surface area contributed by atoms with Crippen molar-refractivity contribution in [2.45, 2.75) is 11.5 Å². The number of carbonyl (C=O) groups excluding carboxylic acids is 1. The van der Waals surface area contributed by atoms with Gasteiger partial charge in [-0.05, 0) is 11.6 Å². The number of rotatable bonds is 5. The van der Waals surface area contributed by atoms with Crippen LogP contribution in [0.1, 0.15) is 16.1 Å². The van der Waals surface area contributed by atoms with Crippen molar-refractivity contribution in [3.8, 4) is 0 Å². The minimum Gasteiger partial charge on any atom is -0.477 e. The standard InChI is InChI=1S/C13H12N2O6S/c16-12(17)11-10(6-7-14-11)22(19,20)15-13(18)21-8-9-4-2-1-3-5-9/h1-7,14H,8H2,(H,15,18)(H,16,17). The lowest BCUT2D eigenvalue weighted by Crippen LogP contribution is -2.31. The number of aromatic amines is 1. The molecule has 0 bridgehead atoms. The molecule has 1 aromatic heterocycles. The van der Waals surface area contributed by atoms with Crippen LogP contribution in [-0.4, -0.2) is 30.6 Å². The molecule has 0 saturated heterocycles.